The van der Waals surface area contributed by atoms with Crippen LogP contribution in [0.15, 0.2) is 41.5 Å². The van der Waals surface area contributed by atoms with Crippen molar-refractivity contribution in [2.75, 3.05) is 37.5 Å². The minimum Gasteiger partial charge on any atom is -0.465 e. The molecular formula is C22H32N2O4. The number of hydrogen-bond donors (Lipinski definition) is 1. The molecule has 0 aromatic heterocycles. The summed E-state index contributed by atoms with van der Waals surface area (Å²) in [4.78, 5) is 26.5. The lowest BCUT2D eigenvalue weighted by Gasteiger charge is -2.24. The average Bonchev–Trinajstić information content (AvgIpc) is 2.65. The summed E-state index contributed by atoms with van der Waals surface area (Å²) in [5.74, 6) is -0.764. The normalized spacial score (nSPS) is 11.1. The maximum absolute atomic E-state index is 12.8. The highest BCUT2D eigenvalue weighted by Crippen LogP contribution is 2.25. The molecular weight excluding hydrogens is 356 g/mol. The summed E-state index contributed by atoms with van der Waals surface area (Å²) >= 11 is 0. The quantitative estimate of drug-likeness (QED) is 0.370. The van der Waals surface area contributed by atoms with E-state index >= 15 is 0 Å². The number of amides is 1. The summed E-state index contributed by atoms with van der Waals surface area (Å²) < 4.78 is 10.1. The van der Waals surface area contributed by atoms with Crippen LogP contribution in [0.3, 0.4) is 0 Å². The first-order valence-electron chi connectivity index (χ1n) is 9.45. The molecule has 2 N–H and O–H groups in total. The van der Waals surface area contributed by atoms with Gasteiger partial charge in [-0.2, -0.15) is 0 Å². The van der Waals surface area contributed by atoms with Gasteiger partial charge in [0.05, 0.1) is 18.4 Å². The number of nitrogens with zero attached hydrogens (tertiary/aromatic N) is 1. The van der Waals surface area contributed by atoms with E-state index in [1.54, 1.807) is 18.2 Å². The first-order chi connectivity index (χ1) is 13.3. The van der Waals surface area contributed by atoms with Crippen LogP contribution in [-0.4, -0.2) is 38.7 Å². The minimum absolute atomic E-state index is 0.0729. The number of hydrogen-bond acceptors (Lipinski definition) is 5. The van der Waals surface area contributed by atoms with Crippen molar-refractivity contribution >= 4 is 23.3 Å². The number of benzene rings is 1. The second kappa shape index (κ2) is 12.0. The Kier molecular flexibility index (Phi) is 10.0. The van der Waals surface area contributed by atoms with Crippen LogP contribution in [0.4, 0.5) is 11.4 Å². The van der Waals surface area contributed by atoms with Gasteiger partial charge in [-0.05, 0) is 58.7 Å². The number of methoxy groups -OCH3 is 1. The van der Waals surface area contributed by atoms with Crippen molar-refractivity contribution in [2.24, 2.45) is 0 Å². The minimum atomic E-state index is -0.520. The van der Waals surface area contributed by atoms with Crippen LogP contribution >= 0.6 is 0 Å². The molecule has 1 aromatic rings. The number of ether oxygens (including phenoxy) is 2. The van der Waals surface area contributed by atoms with E-state index in [4.69, 9.17) is 15.2 Å². The summed E-state index contributed by atoms with van der Waals surface area (Å²) in [6.45, 7) is 8.67. The van der Waals surface area contributed by atoms with Crippen LogP contribution in [0, 0.1) is 0 Å². The van der Waals surface area contributed by atoms with Gasteiger partial charge in [-0.15, -0.1) is 0 Å². The molecule has 1 amide bonds. The van der Waals surface area contributed by atoms with Crippen molar-refractivity contribution in [3.05, 3.63) is 47.1 Å². The van der Waals surface area contributed by atoms with Gasteiger partial charge in [-0.25, -0.2) is 4.79 Å². The zero-order chi connectivity index (χ0) is 21.1. The van der Waals surface area contributed by atoms with E-state index in [0.717, 1.165) is 18.4 Å². The van der Waals surface area contributed by atoms with Crippen molar-refractivity contribution in [1.29, 1.82) is 0 Å². The molecule has 28 heavy (non-hydrogen) atoms. The van der Waals surface area contributed by atoms with Crippen molar-refractivity contribution in [1.82, 2.24) is 0 Å². The Morgan fingerprint density at radius 3 is 2.50 bits per heavy atom. The van der Waals surface area contributed by atoms with E-state index in [0.29, 0.717) is 24.5 Å². The molecule has 0 bridgehead atoms. The van der Waals surface area contributed by atoms with Gasteiger partial charge < -0.3 is 20.1 Å². The SMILES string of the molecule is CCOCC(=O)N(CC=C(C)CCC=C(C)C)c1cc(N)ccc1C(=O)OC. The van der Waals surface area contributed by atoms with Gasteiger partial charge in [-0.3, -0.25) is 4.79 Å². The average molecular weight is 389 g/mol. The Morgan fingerprint density at radius 2 is 1.89 bits per heavy atom. The maximum atomic E-state index is 12.8. The molecule has 0 heterocycles. The maximum Gasteiger partial charge on any atom is 0.339 e. The summed E-state index contributed by atoms with van der Waals surface area (Å²) in [6.07, 6.45) is 6.03. The Hall–Kier alpha value is -2.60. The standard InChI is InChI=1S/C22H32N2O4/c1-6-28-15-21(25)24(13-12-17(4)9-7-8-16(2)3)20-14-18(23)10-11-19(20)22(26)27-5/h8,10-12,14H,6-7,9,13,15,23H2,1-5H3. The smallest absolute Gasteiger partial charge is 0.339 e. The van der Waals surface area contributed by atoms with Crippen LogP contribution < -0.4 is 10.6 Å². The molecule has 0 saturated heterocycles. The molecule has 0 saturated carbocycles. The predicted octanol–water partition coefficient (Wildman–Crippen LogP) is 4.12. The zero-order valence-corrected chi connectivity index (χ0v) is 17.6. The lowest BCUT2D eigenvalue weighted by molar-refractivity contribution is -0.122. The second-order valence-electron chi connectivity index (χ2n) is 6.78. The van der Waals surface area contributed by atoms with E-state index in [1.807, 2.05) is 19.9 Å². The molecule has 1 rings (SSSR count). The molecule has 0 radical (unpaired) electrons. The summed E-state index contributed by atoms with van der Waals surface area (Å²) in [6, 6.07) is 4.80. The highest BCUT2D eigenvalue weighted by atomic mass is 16.5. The third-order valence-corrected chi connectivity index (χ3v) is 4.16. The Bertz CT molecular complexity index is 734. The van der Waals surface area contributed by atoms with Crippen molar-refractivity contribution < 1.29 is 19.1 Å². The first kappa shape index (κ1) is 23.4. The molecule has 6 nitrogen and oxygen atoms in total. The third kappa shape index (κ3) is 7.56. The molecule has 0 aliphatic carbocycles. The van der Waals surface area contributed by atoms with Crippen LogP contribution in [0.2, 0.25) is 0 Å². The van der Waals surface area contributed by atoms with Gasteiger partial charge in [-0.1, -0.05) is 23.3 Å². The fraction of sp³-hybridized carbons (Fsp3) is 0.455. The Morgan fingerprint density at radius 1 is 1.18 bits per heavy atom. The second-order valence-corrected chi connectivity index (χ2v) is 6.78. The summed E-state index contributed by atoms with van der Waals surface area (Å²) in [5, 5.41) is 0. The van der Waals surface area contributed by atoms with Gasteiger partial charge in [0.25, 0.3) is 5.91 Å². The van der Waals surface area contributed by atoms with Gasteiger partial charge in [0.2, 0.25) is 0 Å². The number of carbonyl (C=O) groups is 2. The molecule has 0 aliphatic heterocycles. The highest BCUT2D eigenvalue weighted by molar-refractivity contribution is 6.03. The number of nitrogen functional groups attached to an aromatic ring is 1. The number of carbonyl (C=O) groups excluding carboxylic acids is 2. The van der Waals surface area contributed by atoms with Gasteiger partial charge in [0, 0.05) is 18.8 Å². The van der Waals surface area contributed by atoms with E-state index < -0.39 is 5.97 Å². The highest BCUT2D eigenvalue weighted by Gasteiger charge is 2.22. The molecule has 0 aliphatic rings. The van der Waals surface area contributed by atoms with Crippen LogP contribution in [0.1, 0.15) is 50.9 Å². The fourth-order valence-electron chi connectivity index (χ4n) is 2.59. The van der Waals surface area contributed by atoms with Crippen molar-refractivity contribution in [2.45, 2.75) is 40.5 Å². The molecule has 0 spiro atoms. The molecule has 0 unspecified atom stereocenters. The number of nitrogens with two attached hydrogens (primary N) is 1. The van der Waals surface area contributed by atoms with Gasteiger partial charge >= 0.3 is 5.97 Å². The monoisotopic (exact) mass is 388 g/mol. The Balaban J connectivity index is 3.16. The molecule has 0 atom stereocenters. The number of esters is 1. The summed E-state index contributed by atoms with van der Waals surface area (Å²) in [5.41, 5.74) is 9.53. The molecule has 154 valence electrons. The van der Waals surface area contributed by atoms with E-state index in [-0.39, 0.29) is 18.1 Å². The third-order valence-electron chi connectivity index (χ3n) is 4.16. The van der Waals surface area contributed by atoms with Crippen molar-refractivity contribution in [3.63, 3.8) is 0 Å². The molecule has 0 fully saturated rings. The van der Waals surface area contributed by atoms with Crippen LogP contribution in [0.25, 0.3) is 0 Å². The van der Waals surface area contributed by atoms with Crippen LogP contribution in [-0.2, 0) is 14.3 Å². The number of anilines is 2. The largest absolute Gasteiger partial charge is 0.465 e. The first-order valence-corrected chi connectivity index (χ1v) is 9.45. The summed E-state index contributed by atoms with van der Waals surface area (Å²) in [7, 11) is 1.31. The van der Waals surface area contributed by atoms with Gasteiger partial charge in [0.1, 0.15) is 6.61 Å². The van der Waals surface area contributed by atoms with Crippen molar-refractivity contribution in [3.8, 4) is 0 Å². The zero-order valence-electron chi connectivity index (χ0n) is 17.6. The Labute approximate surface area is 168 Å². The lowest BCUT2D eigenvalue weighted by Crippen LogP contribution is -2.35. The van der Waals surface area contributed by atoms with E-state index in [2.05, 4.69) is 19.9 Å². The fourth-order valence-corrected chi connectivity index (χ4v) is 2.59. The topological polar surface area (TPSA) is 81.9 Å². The lowest BCUT2D eigenvalue weighted by atomic mass is 10.1. The molecule has 1 aromatic carbocycles. The number of rotatable bonds is 10. The van der Waals surface area contributed by atoms with Gasteiger partial charge in [0.15, 0.2) is 0 Å². The van der Waals surface area contributed by atoms with Crippen LogP contribution in [0.5, 0.6) is 0 Å². The van der Waals surface area contributed by atoms with E-state index in [9.17, 15) is 9.59 Å². The number of allylic oxidation sites excluding steroid dienone is 3. The predicted molar refractivity (Wildman–Crippen MR) is 113 cm³/mol. The molecule has 6 heteroatoms. The van der Waals surface area contributed by atoms with E-state index in [1.165, 1.54) is 17.6 Å².